The molecule has 1 aliphatic rings. The number of aryl methyl sites for hydroxylation is 1. The van der Waals surface area contributed by atoms with Crippen LogP contribution >= 0.6 is 15.9 Å². The lowest BCUT2D eigenvalue weighted by Crippen LogP contribution is -2.17. The van der Waals surface area contributed by atoms with Gasteiger partial charge in [-0.1, -0.05) is 19.3 Å². The van der Waals surface area contributed by atoms with Crippen molar-refractivity contribution in [2.24, 2.45) is 0 Å². The molecular formula is C23H27BrN2O4. The third kappa shape index (κ3) is 5.19. The van der Waals surface area contributed by atoms with Crippen LogP contribution < -0.4 is 5.32 Å². The van der Waals surface area contributed by atoms with Crippen molar-refractivity contribution in [2.45, 2.75) is 64.7 Å². The quantitative estimate of drug-likeness (QED) is 0.498. The van der Waals surface area contributed by atoms with Crippen LogP contribution in [0.1, 0.15) is 72.5 Å². The molecule has 1 saturated carbocycles. The van der Waals surface area contributed by atoms with E-state index in [0.717, 1.165) is 45.4 Å². The predicted molar refractivity (Wildman–Crippen MR) is 119 cm³/mol. The summed E-state index contributed by atoms with van der Waals surface area (Å²) >= 11 is 3.54. The number of rotatable bonds is 6. The fourth-order valence-corrected chi connectivity index (χ4v) is 4.61. The molecule has 0 unspecified atom stereocenters. The summed E-state index contributed by atoms with van der Waals surface area (Å²) in [5.74, 6) is -1.14. The molecule has 0 spiro atoms. The van der Waals surface area contributed by atoms with Crippen molar-refractivity contribution in [3.8, 4) is 5.75 Å². The summed E-state index contributed by atoms with van der Waals surface area (Å²) in [7, 11) is 0. The lowest BCUT2D eigenvalue weighted by Gasteiger charge is -2.22. The maximum absolute atomic E-state index is 11.8. The number of carbonyl (C=O) groups is 2. The molecule has 1 heterocycles. The van der Waals surface area contributed by atoms with E-state index in [1.165, 1.54) is 19.3 Å². The zero-order valence-corrected chi connectivity index (χ0v) is 18.9. The molecule has 0 aliphatic heterocycles. The van der Waals surface area contributed by atoms with Gasteiger partial charge in [0.25, 0.3) is 0 Å². The molecule has 7 heteroatoms. The van der Waals surface area contributed by atoms with Gasteiger partial charge in [-0.3, -0.25) is 14.6 Å². The van der Waals surface area contributed by atoms with Gasteiger partial charge in [-0.25, -0.2) is 0 Å². The van der Waals surface area contributed by atoms with Gasteiger partial charge in [0.1, 0.15) is 12.2 Å². The lowest BCUT2D eigenvalue weighted by molar-refractivity contribution is -0.139. The Morgan fingerprint density at radius 1 is 1.20 bits per heavy atom. The maximum atomic E-state index is 11.8. The van der Waals surface area contributed by atoms with Gasteiger partial charge in [0.05, 0.1) is 11.4 Å². The number of halogens is 1. The Balaban J connectivity index is 1.85. The monoisotopic (exact) mass is 474 g/mol. The molecule has 1 aromatic heterocycles. The number of anilines is 1. The number of hydrogen-bond acceptors (Lipinski definition) is 4. The summed E-state index contributed by atoms with van der Waals surface area (Å²) in [4.78, 5) is 27.4. The van der Waals surface area contributed by atoms with Crippen molar-refractivity contribution in [2.75, 3.05) is 5.32 Å². The highest BCUT2D eigenvalue weighted by molar-refractivity contribution is 9.10. The van der Waals surface area contributed by atoms with Crippen LogP contribution in [0.15, 0.2) is 22.7 Å². The molecule has 1 amide bonds. The zero-order valence-electron chi connectivity index (χ0n) is 17.3. The Hall–Kier alpha value is -2.41. The van der Waals surface area contributed by atoms with Crippen LogP contribution in [0.4, 0.5) is 5.69 Å². The van der Waals surface area contributed by atoms with E-state index in [0.29, 0.717) is 18.0 Å². The van der Waals surface area contributed by atoms with Crippen LogP contribution in [0, 0.1) is 13.8 Å². The van der Waals surface area contributed by atoms with Crippen molar-refractivity contribution in [1.29, 1.82) is 0 Å². The minimum atomic E-state index is -1.17. The second-order valence-electron chi connectivity index (χ2n) is 8.00. The molecule has 0 bridgehead atoms. The van der Waals surface area contributed by atoms with Gasteiger partial charge in [0.15, 0.2) is 0 Å². The highest BCUT2D eigenvalue weighted by Crippen LogP contribution is 2.37. The number of carboxylic acid groups (broad SMARTS) is 1. The predicted octanol–water partition coefficient (Wildman–Crippen LogP) is 5.22. The smallest absolute Gasteiger partial charge is 0.312 e. The number of carboxylic acids is 1. The van der Waals surface area contributed by atoms with Crippen molar-refractivity contribution in [3.63, 3.8) is 0 Å². The number of amides is 1. The topological polar surface area (TPSA) is 99.5 Å². The minimum Gasteiger partial charge on any atom is -0.506 e. The van der Waals surface area contributed by atoms with Gasteiger partial charge >= 0.3 is 5.97 Å². The molecular weight excluding hydrogens is 448 g/mol. The van der Waals surface area contributed by atoms with Gasteiger partial charge < -0.3 is 15.5 Å². The number of aromatic hydroxyl groups is 1. The minimum absolute atomic E-state index is 0.275. The Morgan fingerprint density at radius 2 is 1.90 bits per heavy atom. The normalized spacial score (nSPS) is 14.5. The van der Waals surface area contributed by atoms with Gasteiger partial charge in [0, 0.05) is 22.5 Å². The SMILES string of the molecule is Cc1cc(NC(=O)CC(=O)O)c(Br)c(C)c1Cc1ccc(O)c(C2CCCCC2)n1. The fourth-order valence-electron chi connectivity index (χ4n) is 4.16. The first kappa shape index (κ1) is 22.3. The Bertz CT molecular complexity index is 968. The third-order valence-corrected chi connectivity index (χ3v) is 6.77. The van der Waals surface area contributed by atoms with Crippen molar-refractivity contribution in [1.82, 2.24) is 4.98 Å². The fraction of sp³-hybridized carbons (Fsp3) is 0.435. The number of carbonyl (C=O) groups excluding carboxylic acids is 1. The first-order valence-corrected chi connectivity index (χ1v) is 11.0. The number of hydrogen-bond donors (Lipinski definition) is 3. The van der Waals surface area contributed by atoms with E-state index >= 15 is 0 Å². The summed E-state index contributed by atoms with van der Waals surface area (Å²) in [5, 5.41) is 21.8. The van der Waals surface area contributed by atoms with E-state index in [4.69, 9.17) is 10.1 Å². The van der Waals surface area contributed by atoms with Crippen LogP contribution in [0.2, 0.25) is 0 Å². The van der Waals surface area contributed by atoms with Gasteiger partial charge in [0.2, 0.25) is 5.91 Å². The number of aliphatic carboxylic acids is 1. The van der Waals surface area contributed by atoms with Gasteiger partial charge in [-0.2, -0.15) is 0 Å². The van der Waals surface area contributed by atoms with E-state index in [1.807, 2.05) is 26.0 Å². The number of nitrogens with one attached hydrogen (secondary N) is 1. The van der Waals surface area contributed by atoms with Crippen molar-refractivity contribution in [3.05, 3.63) is 50.8 Å². The summed E-state index contributed by atoms with van der Waals surface area (Å²) in [6, 6.07) is 5.44. The Kier molecular flexibility index (Phi) is 7.13. The second kappa shape index (κ2) is 9.60. The van der Waals surface area contributed by atoms with E-state index in [1.54, 1.807) is 6.07 Å². The molecule has 30 heavy (non-hydrogen) atoms. The molecule has 1 aromatic carbocycles. The Morgan fingerprint density at radius 3 is 2.57 bits per heavy atom. The zero-order chi connectivity index (χ0) is 21.8. The molecule has 2 aromatic rings. The number of nitrogens with zero attached hydrogens (tertiary/aromatic N) is 1. The molecule has 6 nitrogen and oxygen atoms in total. The summed E-state index contributed by atoms with van der Waals surface area (Å²) in [6.45, 7) is 3.92. The summed E-state index contributed by atoms with van der Waals surface area (Å²) < 4.78 is 0.730. The second-order valence-corrected chi connectivity index (χ2v) is 8.79. The first-order valence-electron chi connectivity index (χ1n) is 10.2. The highest BCUT2D eigenvalue weighted by Gasteiger charge is 2.21. The van der Waals surface area contributed by atoms with Crippen LogP contribution in [-0.4, -0.2) is 27.1 Å². The average molecular weight is 475 g/mol. The lowest BCUT2D eigenvalue weighted by atomic mass is 9.86. The highest BCUT2D eigenvalue weighted by atomic mass is 79.9. The molecule has 0 atom stereocenters. The van der Waals surface area contributed by atoms with Crippen LogP contribution in [0.3, 0.4) is 0 Å². The third-order valence-electron chi connectivity index (χ3n) is 5.75. The molecule has 3 N–H and O–H groups in total. The van der Waals surface area contributed by atoms with Crippen LogP contribution in [0.5, 0.6) is 5.75 Å². The maximum Gasteiger partial charge on any atom is 0.312 e. The first-order chi connectivity index (χ1) is 14.3. The van der Waals surface area contributed by atoms with Gasteiger partial charge in [-0.15, -0.1) is 0 Å². The van der Waals surface area contributed by atoms with Crippen molar-refractivity contribution < 1.29 is 19.8 Å². The van der Waals surface area contributed by atoms with Crippen LogP contribution in [0.25, 0.3) is 0 Å². The number of pyridine rings is 1. The Labute approximate surface area is 184 Å². The average Bonchev–Trinajstić information content (AvgIpc) is 2.70. The van der Waals surface area contributed by atoms with Gasteiger partial charge in [-0.05, 0) is 77.5 Å². The number of benzene rings is 1. The standard InChI is InChI=1S/C23H27BrN2O4/c1-13-10-18(26-20(28)12-21(29)30)22(24)14(2)17(13)11-16-8-9-19(27)23(25-16)15-6-4-3-5-7-15/h8-10,15,27H,3-7,11-12H2,1-2H3,(H,26,28)(H,29,30). The molecule has 1 aliphatic carbocycles. The molecule has 0 saturated heterocycles. The van der Waals surface area contributed by atoms with Crippen LogP contribution in [-0.2, 0) is 16.0 Å². The van der Waals surface area contributed by atoms with E-state index < -0.39 is 18.3 Å². The van der Waals surface area contributed by atoms with E-state index in [9.17, 15) is 14.7 Å². The van der Waals surface area contributed by atoms with E-state index in [-0.39, 0.29) is 5.75 Å². The molecule has 0 radical (unpaired) electrons. The summed E-state index contributed by atoms with van der Waals surface area (Å²) in [5.41, 5.74) is 5.30. The largest absolute Gasteiger partial charge is 0.506 e. The number of aromatic nitrogens is 1. The molecule has 160 valence electrons. The molecule has 3 rings (SSSR count). The van der Waals surface area contributed by atoms with Crippen molar-refractivity contribution >= 4 is 33.5 Å². The molecule has 1 fully saturated rings. The van der Waals surface area contributed by atoms with E-state index in [2.05, 4.69) is 21.2 Å². The summed E-state index contributed by atoms with van der Waals surface area (Å²) in [6.07, 6.45) is 5.77.